The third-order valence-corrected chi connectivity index (χ3v) is 4.78. The molecule has 1 heterocycles. The number of cyclic esters (lactones) is 1. The van der Waals surface area contributed by atoms with Gasteiger partial charge >= 0.3 is 5.97 Å². The summed E-state index contributed by atoms with van der Waals surface area (Å²) in [5.41, 5.74) is 3.42. The maximum absolute atomic E-state index is 13.2. The van der Waals surface area contributed by atoms with E-state index in [1.165, 1.54) is 12.1 Å². The molecule has 4 rings (SSSR count). The highest BCUT2D eigenvalue weighted by molar-refractivity contribution is 5.97. The highest BCUT2D eigenvalue weighted by Gasteiger charge is 2.28. The Labute approximate surface area is 162 Å². The van der Waals surface area contributed by atoms with Gasteiger partial charge in [-0.1, -0.05) is 42.5 Å². The lowest BCUT2D eigenvalue weighted by molar-refractivity contribution is 0.0252. The quantitative estimate of drug-likeness (QED) is 0.695. The third-order valence-electron chi connectivity index (χ3n) is 4.78. The molecule has 0 bridgehead atoms. The molecule has 28 heavy (non-hydrogen) atoms. The summed E-state index contributed by atoms with van der Waals surface area (Å²) in [6, 6.07) is 20.5. The zero-order valence-electron chi connectivity index (χ0n) is 15.0. The third kappa shape index (κ3) is 3.78. The summed E-state index contributed by atoms with van der Waals surface area (Å²) in [7, 11) is 0. The second kappa shape index (κ2) is 7.64. The van der Waals surface area contributed by atoms with E-state index in [2.05, 4.69) is 5.32 Å². The normalized spacial score (nSPS) is 15.5. The topological polar surface area (TPSA) is 55.4 Å². The molecule has 1 aliphatic heterocycles. The van der Waals surface area contributed by atoms with Crippen molar-refractivity contribution in [1.29, 1.82) is 0 Å². The van der Waals surface area contributed by atoms with Gasteiger partial charge < -0.3 is 10.1 Å². The summed E-state index contributed by atoms with van der Waals surface area (Å²) in [6.07, 6.45) is -0.0600. The van der Waals surface area contributed by atoms with Crippen LogP contribution in [-0.2, 0) is 17.7 Å². The molecule has 1 unspecified atom stereocenters. The predicted octanol–water partition coefficient (Wildman–Crippen LogP) is 4.21. The lowest BCUT2D eigenvalue weighted by Crippen LogP contribution is -2.25. The molecular weight excluding hydrogens is 357 g/mol. The van der Waals surface area contributed by atoms with E-state index in [0.717, 1.165) is 16.7 Å². The van der Waals surface area contributed by atoms with E-state index in [0.29, 0.717) is 24.1 Å². The molecule has 1 atom stereocenters. The average Bonchev–Trinajstić information content (AvgIpc) is 2.73. The van der Waals surface area contributed by atoms with Crippen LogP contribution in [0.1, 0.15) is 43.5 Å². The van der Waals surface area contributed by atoms with Crippen molar-refractivity contribution in [3.05, 3.63) is 106 Å². The van der Waals surface area contributed by atoms with Crippen LogP contribution in [0.5, 0.6) is 0 Å². The van der Waals surface area contributed by atoms with Crippen LogP contribution in [0.4, 0.5) is 4.39 Å². The van der Waals surface area contributed by atoms with Crippen LogP contribution in [0.3, 0.4) is 0 Å². The van der Waals surface area contributed by atoms with E-state index in [1.807, 2.05) is 30.3 Å². The Hall–Kier alpha value is -3.47. The Balaban J connectivity index is 1.52. The van der Waals surface area contributed by atoms with E-state index in [-0.39, 0.29) is 11.7 Å². The molecule has 140 valence electrons. The molecule has 0 saturated heterocycles. The van der Waals surface area contributed by atoms with Crippen LogP contribution in [0.25, 0.3) is 0 Å². The van der Waals surface area contributed by atoms with E-state index < -0.39 is 12.1 Å². The maximum Gasteiger partial charge on any atom is 0.339 e. The molecule has 0 spiro atoms. The van der Waals surface area contributed by atoms with Crippen molar-refractivity contribution in [2.24, 2.45) is 0 Å². The minimum Gasteiger partial charge on any atom is -0.454 e. The summed E-state index contributed by atoms with van der Waals surface area (Å²) in [4.78, 5) is 24.8. The number of nitrogens with one attached hydrogen (secondary N) is 1. The fraction of sp³-hybridized carbons (Fsp3) is 0.130. The number of carbonyl (C=O) groups is 2. The van der Waals surface area contributed by atoms with Crippen LogP contribution in [0, 0.1) is 5.82 Å². The van der Waals surface area contributed by atoms with Crippen molar-refractivity contribution in [3.8, 4) is 0 Å². The second-order valence-electron chi connectivity index (χ2n) is 6.69. The summed E-state index contributed by atoms with van der Waals surface area (Å²) in [5, 5.41) is 2.89. The summed E-state index contributed by atoms with van der Waals surface area (Å²) in [6.45, 7) is 0.428. The first-order chi connectivity index (χ1) is 13.6. The lowest BCUT2D eigenvalue weighted by Gasteiger charge is -2.25. The first kappa shape index (κ1) is 17.9. The van der Waals surface area contributed by atoms with Gasteiger partial charge in [0.05, 0.1) is 5.56 Å². The lowest BCUT2D eigenvalue weighted by atomic mass is 9.93. The molecule has 5 heteroatoms. The molecule has 0 radical (unpaired) electrons. The van der Waals surface area contributed by atoms with Crippen molar-refractivity contribution in [1.82, 2.24) is 5.32 Å². The number of fused-ring (bicyclic) bond motifs is 1. The minimum absolute atomic E-state index is 0.205. The van der Waals surface area contributed by atoms with Gasteiger partial charge in [-0.25, -0.2) is 9.18 Å². The summed E-state index contributed by atoms with van der Waals surface area (Å²) >= 11 is 0. The number of rotatable bonds is 4. The summed E-state index contributed by atoms with van der Waals surface area (Å²) in [5.74, 6) is -0.987. The smallest absolute Gasteiger partial charge is 0.339 e. The van der Waals surface area contributed by atoms with Crippen LogP contribution < -0.4 is 5.32 Å². The Morgan fingerprint density at radius 2 is 1.79 bits per heavy atom. The number of hydrogen-bond donors (Lipinski definition) is 1. The highest BCUT2D eigenvalue weighted by Crippen LogP contribution is 2.31. The van der Waals surface area contributed by atoms with E-state index >= 15 is 0 Å². The second-order valence-corrected chi connectivity index (χ2v) is 6.69. The predicted molar refractivity (Wildman–Crippen MR) is 102 cm³/mol. The molecule has 3 aromatic carbocycles. The van der Waals surface area contributed by atoms with Crippen molar-refractivity contribution in [3.63, 3.8) is 0 Å². The number of benzene rings is 3. The number of carbonyl (C=O) groups excluding carboxylic acids is 2. The Morgan fingerprint density at radius 1 is 1.04 bits per heavy atom. The number of hydrogen-bond acceptors (Lipinski definition) is 3. The van der Waals surface area contributed by atoms with Gasteiger partial charge in [0.2, 0.25) is 0 Å². The largest absolute Gasteiger partial charge is 0.454 e. The maximum atomic E-state index is 13.2. The standard InChI is InChI=1S/C23H18FNO3/c24-19-9-6-16(7-10-19)21-13-18-12-17(8-11-20(18)23(27)28-21)22(26)25-14-15-4-2-1-3-5-15/h1-12,21H,13-14H2,(H,25,26). The van der Waals surface area contributed by atoms with Gasteiger partial charge in [-0.3, -0.25) is 4.79 Å². The van der Waals surface area contributed by atoms with Crippen molar-refractivity contribution in [2.45, 2.75) is 19.1 Å². The molecule has 0 saturated carbocycles. The molecule has 1 N–H and O–H groups in total. The fourth-order valence-electron chi connectivity index (χ4n) is 3.28. The number of halogens is 1. The van der Waals surface area contributed by atoms with Crippen molar-refractivity contribution >= 4 is 11.9 Å². The van der Waals surface area contributed by atoms with Crippen LogP contribution in [-0.4, -0.2) is 11.9 Å². The van der Waals surface area contributed by atoms with Crippen LogP contribution >= 0.6 is 0 Å². The molecule has 1 amide bonds. The number of esters is 1. The van der Waals surface area contributed by atoms with E-state index in [9.17, 15) is 14.0 Å². The first-order valence-electron chi connectivity index (χ1n) is 9.01. The van der Waals surface area contributed by atoms with Gasteiger partial charge in [0.15, 0.2) is 0 Å². The average molecular weight is 375 g/mol. The van der Waals surface area contributed by atoms with Gasteiger partial charge in [0.1, 0.15) is 11.9 Å². The fourth-order valence-corrected chi connectivity index (χ4v) is 3.28. The van der Waals surface area contributed by atoms with Crippen molar-refractivity contribution < 1.29 is 18.7 Å². The van der Waals surface area contributed by atoms with E-state index in [4.69, 9.17) is 4.74 Å². The highest BCUT2D eigenvalue weighted by atomic mass is 19.1. The molecule has 0 aliphatic carbocycles. The first-order valence-corrected chi connectivity index (χ1v) is 9.01. The minimum atomic E-state index is -0.497. The molecule has 4 nitrogen and oxygen atoms in total. The zero-order valence-corrected chi connectivity index (χ0v) is 15.0. The van der Waals surface area contributed by atoms with Gasteiger partial charge in [0, 0.05) is 18.5 Å². The molecule has 3 aromatic rings. The van der Waals surface area contributed by atoms with Crippen LogP contribution in [0.15, 0.2) is 72.8 Å². The number of amides is 1. The van der Waals surface area contributed by atoms with Crippen LogP contribution in [0.2, 0.25) is 0 Å². The van der Waals surface area contributed by atoms with Gasteiger partial charge in [-0.15, -0.1) is 0 Å². The van der Waals surface area contributed by atoms with Gasteiger partial charge in [-0.05, 0) is 47.0 Å². The molecule has 0 fully saturated rings. The molecular formula is C23H18FNO3. The Bertz CT molecular complexity index is 1020. The summed E-state index contributed by atoms with van der Waals surface area (Å²) < 4.78 is 18.6. The monoisotopic (exact) mass is 375 g/mol. The van der Waals surface area contributed by atoms with E-state index in [1.54, 1.807) is 30.3 Å². The van der Waals surface area contributed by atoms with Crippen molar-refractivity contribution in [2.75, 3.05) is 0 Å². The Kier molecular flexibility index (Phi) is 4.89. The van der Waals surface area contributed by atoms with Gasteiger partial charge in [0.25, 0.3) is 5.91 Å². The van der Waals surface area contributed by atoms with Gasteiger partial charge in [-0.2, -0.15) is 0 Å². The SMILES string of the molecule is O=C(NCc1ccccc1)c1ccc2c(c1)CC(c1ccc(F)cc1)OC2=O. The Morgan fingerprint density at radius 3 is 2.54 bits per heavy atom. The number of ether oxygens (including phenoxy) is 1. The molecule has 1 aliphatic rings. The zero-order chi connectivity index (χ0) is 19.5. The molecule has 0 aromatic heterocycles.